The van der Waals surface area contributed by atoms with Gasteiger partial charge in [-0.05, 0) is 0 Å². The van der Waals surface area contributed by atoms with Gasteiger partial charge in [0.05, 0.1) is 0 Å². The molecule has 0 radical (unpaired) electrons. The van der Waals surface area contributed by atoms with Crippen LogP contribution in [-0.2, 0) is 0 Å². The van der Waals surface area contributed by atoms with E-state index in [1.807, 2.05) is 41.1 Å². The summed E-state index contributed by atoms with van der Waals surface area (Å²) >= 11 is 0.284. The van der Waals surface area contributed by atoms with E-state index in [1.54, 1.807) is 18.5 Å². The number of carbonyl (C=O) groups is 2. The Kier molecular flexibility index (Phi) is 3.73. The summed E-state index contributed by atoms with van der Waals surface area (Å²) in [5, 5.41) is 2.14. The Morgan fingerprint density at radius 3 is 2.38 bits per heavy atom. The van der Waals surface area contributed by atoms with Crippen LogP contribution in [0.25, 0.3) is 32.6 Å². The third kappa shape index (κ3) is 2.60. The van der Waals surface area contributed by atoms with Crippen molar-refractivity contribution in [2.24, 2.45) is 0 Å². The van der Waals surface area contributed by atoms with E-state index in [0.29, 0.717) is 25.6 Å². The van der Waals surface area contributed by atoms with Crippen LogP contribution in [0, 0.1) is 0 Å². The first-order valence-electron chi connectivity index (χ1n) is 8.88. The minimum atomic E-state index is -0.164. The van der Waals surface area contributed by atoms with Gasteiger partial charge in [-0.15, -0.1) is 0 Å². The number of nitrogens with zero attached hydrogens (tertiary/aromatic N) is 3. The Morgan fingerprint density at radius 2 is 1.62 bits per heavy atom. The van der Waals surface area contributed by atoms with E-state index < -0.39 is 0 Å². The molecule has 0 N–H and O–H groups in total. The molecule has 29 heavy (non-hydrogen) atoms. The van der Waals surface area contributed by atoms with Crippen molar-refractivity contribution in [2.75, 3.05) is 0 Å². The van der Waals surface area contributed by atoms with Gasteiger partial charge >= 0.3 is 177 Å². The zero-order valence-corrected chi connectivity index (χ0v) is 18.3. The molecule has 0 spiro atoms. The summed E-state index contributed by atoms with van der Waals surface area (Å²) in [5.41, 5.74) is 3.00. The van der Waals surface area contributed by atoms with Crippen LogP contribution in [0.5, 0.6) is 0 Å². The van der Waals surface area contributed by atoms with Gasteiger partial charge in [0.25, 0.3) is 0 Å². The summed E-state index contributed by atoms with van der Waals surface area (Å²) in [7, 11) is 0. The summed E-state index contributed by atoms with van der Waals surface area (Å²) in [5.74, 6) is -0.328. The number of aromatic nitrogens is 3. The summed E-state index contributed by atoms with van der Waals surface area (Å²) < 4.78 is 4.12. The van der Waals surface area contributed by atoms with Gasteiger partial charge in [-0.2, -0.15) is 0 Å². The molecule has 0 saturated heterocycles. The molecule has 1 aromatic carbocycles. The van der Waals surface area contributed by atoms with Crippen molar-refractivity contribution >= 4 is 68.6 Å². The molecule has 0 fully saturated rings. The van der Waals surface area contributed by atoms with E-state index in [0.717, 1.165) is 30.9 Å². The summed E-state index contributed by atoms with van der Waals surface area (Å²) in [4.78, 5) is 38.8. The van der Waals surface area contributed by atoms with Crippen LogP contribution in [0.3, 0.4) is 0 Å². The second-order valence-corrected chi connectivity index (χ2v) is 10.6. The van der Waals surface area contributed by atoms with E-state index in [9.17, 15) is 9.59 Å². The molecule has 4 heterocycles. The second-order valence-electron chi connectivity index (χ2n) is 6.74. The van der Waals surface area contributed by atoms with Crippen LogP contribution < -0.4 is 0 Å². The first kappa shape index (κ1) is 17.1. The number of ketones is 2. The molecule has 6 rings (SSSR count). The van der Waals surface area contributed by atoms with Crippen molar-refractivity contribution in [3.05, 3.63) is 79.9 Å². The van der Waals surface area contributed by atoms with Crippen LogP contribution in [0.15, 0.2) is 64.4 Å². The zero-order valence-electron chi connectivity index (χ0n) is 14.8. The van der Waals surface area contributed by atoms with Gasteiger partial charge in [0, 0.05) is 0 Å². The standard InChI is InChI=1S/C22H11N3O2Se2/c26-20-15-7-12-10-28-11-13(12)8-16(15)21(27)17(20)9-14-1-2-19(29-14)25-6-3-18-22(25)24-5-4-23-18/h1-11H. The molecule has 1 aliphatic carbocycles. The van der Waals surface area contributed by atoms with Gasteiger partial charge in [0.2, 0.25) is 0 Å². The Bertz CT molecular complexity index is 1450. The Hall–Kier alpha value is -2.82. The molecule has 0 amide bonds. The molecule has 1 aliphatic rings. The fraction of sp³-hybridized carbons (Fsp3) is 0. The van der Waals surface area contributed by atoms with Crippen LogP contribution in [-0.4, -0.2) is 55.1 Å². The normalized spacial score (nSPS) is 13.6. The average molecular weight is 507 g/mol. The van der Waals surface area contributed by atoms with Crippen LogP contribution in [0.2, 0.25) is 0 Å². The summed E-state index contributed by atoms with van der Waals surface area (Å²) in [6, 6.07) is 9.69. The molecule has 0 bridgehead atoms. The number of fused-ring (bicyclic) bond motifs is 3. The van der Waals surface area contributed by atoms with Crippen LogP contribution in [0.1, 0.15) is 25.2 Å². The van der Waals surface area contributed by atoms with Crippen molar-refractivity contribution in [1.29, 1.82) is 0 Å². The topological polar surface area (TPSA) is 64.8 Å². The van der Waals surface area contributed by atoms with E-state index in [1.165, 1.54) is 0 Å². The zero-order chi connectivity index (χ0) is 19.5. The SMILES string of the molecule is O=C1C(=Cc2ccc(-n3ccc4nccnc43)[se]2)C(=O)c2cc3c[se]cc3cc21. The van der Waals surface area contributed by atoms with Crippen molar-refractivity contribution in [1.82, 2.24) is 14.5 Å². The summed E-state index contributed by atoms with van der Waals surface area (Å²) in [6.45, 7) is 0. The van der Waals surface area contributed by atoms with Crippen LogP contribution >= 0.6 is 0 Å². The molecule has 5 nitrogen and oxygen atoms in total. The number of allylic oxidation sites excluding steroid dienone is 1. The third-order valence-electron chi connectivity index (χ3n) is 5.04. The van der Waals surface area contributed by atoms with Crippen LogP contribution in [0.4, 0.5) is 0 Å². The van der Waals surface area contributed by atoms with Gasteiger partial charge in [-0.3, -0.25) is 0 Å². The second kappa shape index (κ2) is 6.34. The number of hydrogen-bond acceptors (Lipinski definition) is 4. The van der Waals surface area contributed by atoms with Crippen molar-refractivity contribution in [3.8, 4) is 4.56 Å². The number of rotatable bonds is 2. The molecule has 0 unspecified atom stereocenters. The van der Waals surface area contributed by atoms with Crippen molar-refractivity contribution in [3.63, 3.8) is 0 Å². The van der Waals surface area contributed by atoms with Crippen molar-refractivity contribution in [2.45, 2.75) is 0 Å². The predicted molar refractivity (Wildman–Crippen MR) is 113 cm³/mol. The van der Waals surface area contributed by atoms with Crippen molar-refractivity contribution < 1.29 is 9.59 Å². The number of carbonyl (C=O) groups excluding carboxylic acids is 2. The maximum absolute atomic E-state index is 12.9. The average Bonchev–Trinajstić information content (AvgIpc) is 3.50. The molecule has 4 aromatic heterocycles. The van der Waals surface area contributed by atoms with Gasteiger partial charge < -0.3 is 0 Å². The fourth-order valence-corrected chi connectivity index (χ4v) is 7.23. The molecule has 7 heteroatoms. The molecule has 138 valence electrons. The quantitative estimate of drug-likeness (QED) is 0.209. The Balaban J connectivity index is 1.41. The fourth-order valence-electron chi connectivity index (χ4n) is 3.65. The third-order valence-corrected chi connectivity index (χ3v) is 8.85. The minimum absolute atomic E-state index is 0.0301. The predicted octanol–water partition coefficient (Wildman–Crippen LogP) is 3.15. The molecular weight excluding hydrogens is 496 g/mol. The van der Waals surface area contributed by atoms with Gasteiger partial charge in [-0.1, -0.05) is 0 Å². The number of hydrogen-bond donors (Lipinski definition) is 0. The molecular formula is C22H11N3O2Se2. The first-order valence-corrected chi connectivity index (χ1v) is 12.6. The molecule has 0 saturated carbocycles. The number of benzene rings is 1. The monoisotopic (exact) mass is 509 g/mol. The van der Waals surface area contributed by atoms with Gasteiger partial charge in [-0.25, -0.2) is 0 Å². The summed E-state index contributed by atoms with van der Waals surface area (Å²) in [6.07, 6.45) is 7.09. The first-order chi connectivity index (χ1) is 14.2. The Morgan fingerprint density at radius 1 is 0.897 bits per heavy atom. The van der Waals surface area contributed by atoms with E-state index in [2.05, 4.69) is 19.8 Å². The van der Waals surface area contributed by atoms with E-state index in [-0.39, 0.29) is 31.6 Å². The van der Waals surface area contributed by atoms with E-state index >= 15 is 0 Å². The van der Waals surface area contributed by atoms with Gasteiger partial charge in [0.15, 0.2) is 0 Å². The Labute approximate surface area is 176 Å². The molecule has 0 aliphatic heterocycles. The molecule has 0 atom stereocenters. The van der Waals surface area contributed by atoms with E-state index in [4.69, 9.17) is 0 Å². The number of Topliss-reactive ketones (excluding diaryl/α,β-unsaturated/α-hetero) is 2. The maximum atomic E-state index is 12.9. The molecule has 5 aromatic rings. The van der Waals surface area contributed by atoms with Gasteiger partial charge in [0.1, 0.15) is 0 Å².